The molecule has 0 fully saturated rings. The molecule has 0 radical (unpaired) electrons. The predicted octanol–water partition coefficient (Wildman–Crippen LogP) is 0.645. The number of carbonyl (C=O) groups is 2. The fourth-order valence-electron chi connectivity index (χ4n) is 2.28. The molecule has 2 amide bonds. The van der Waals surface area contributed by atoms with Crippen LogP contribution in [0.5, 0.6) is 0 Å². The fourth-order valence-corrected chi connectivity index (χ4v) is 2.28. The summed E-state index contributed by atoms with van der Waals surface area (Å²) in [5.41, 5.74) is 5.41. The van der Waals surface area contributed by atoms with Crippen molar-refractivity contribution in [2.45, 2.75) is 51.4 Å². The molecule has 29 heavy (non-hydrogen) atoms. The van der Waals surface area contributed by atoms with Crippen molar-refractivity contribution in [2.75, 3.05) is 39.3 Å². The zero-order valence-electron chi connectivity index (χ0n) is 17.1. The van der Waals surface area contributed by atoms with Crippen LogP contribution < -0.4 is 32.8 Å². The van der Waals surface area contributed by atoms with Gasteiger partial charge in [-0.1, -0.05) is 12.8 Å². The van der Waals surface area contributed by atoms with Gasteiger partial charge in [0.05, 0.1) is 0 Å². The van der Waals surface area contributed by atoms with Crippen LogP contribution in [-0.4, -0.2) is 57.4 Å². The molecule has 9 nitrogen and oxygen atoms in total. The quantitative estimate of drug-likeness (QED) is 0.0424. The number of hydrazone groups is 1. The molecule has 0 heterocycles. The molecule has 0 bridgehead atoms. The van der Waals surface area contributed by atoms with Gasteiger partial charge in [0.2, 0.25) is 11.8 Å². The standard InChI is InChI=1S/C17H37N7O2.3ClH/c18-8-7-11-20-9-5-6-13-23-17(26)14-16(25)22-12-4-2-1-3-10-21-15-24-19;;;/h15,20H,1-14,18-19H2,(H,21,24)(H,22,25)(H,23,26);3*1H. The van der Waals surface area contributed by atoms with Gasteiger partial charge in [0.1, 0.15) is 12.8 Å². The van der Waals surface area contributed by atoms with E-state index in [1.54, 1.807) is 0 Å². The van der Waals surface area contributed by atoms with Gasteiger partial charge in [0.25, 0.3) is 0 Å². The number of hydrogen-bond acceptors (Lipinski definition) is 6. The molecular weight excluding hydrogens is 441 g/mol. The van der Waals surface area contributed by atoms with Crippen LogP contribution >= 0.6 is 37.2 Å². The van der Waals surface area contributed by atoms with Crippen molar-refractivity contribution >= 4 is 55.4 Å². The molecule has 0 spiro atoms. The van der Waals surface area contributed by atoms with E-state index in [9.17, 15) is 9.59 Å². The van der Waals surface area contributed by atoms with Gasteiger partial charge in [-0.05, 0) is 51.7 Å². The summed E-state index contributed by atoms with van der Waals surface area (Å²) >= 11 is 0. The van der Waals surface area contributed by atoms with Crippen molar-refractivity contribution < 1.29 is 9.59 Å². The number of nitrogens with one attached hydrogen (secondary N) is 4. The second-order valence-electron chi connectivity index (χ2n) is 6.12. The molecule has 0 atom stereocenters. The predicted molar refractivity (Wildman–Crippen MR) is 127 cm³/mol. The summed E-state index contributed by atoms with van der Waals surface area (Å²) in [6.45, 7) is 4.62. The van der Waals surface area contributed by atoms with Crippen molar-refractivity contribution in [3.63, 3.8) is 0 Å². The molecule has 0 aromatic heterocycles. The maximum absolute atomic E-state index is 11.7. The van der Waals surface area contributed by atoms with Crippen LogP contribution in [0, 0.1) is 0 Å². The summed E-state index contributed by atoms with van der Waals surface area (Å²) in [6, 6.07) is 0. The monoisotopic (exact) mass is 479 g/mol. The molecule has 0 rings (SSSR count). The van der Waals surface area contributed by atoms with Crippen molar-refractivity contribution in [2.24, 2.45) is 16.7 Å². The molecule has 0 unspecified atom stereocenters. The zero-order valence-corrected chi connectivity index (χ0v) is 19.6. The highest BCUT2D eigenvalue weighted by atomic mass is 35.5. The first-order chi connectivity index (χ1) is 12.7. The van der Waals surface area contributed by atoms with Crippen LogP contribution in [0.4, 0.5) is 0 Å². The number of carbonyl (C=O) groups excluding carboxylic acids is 2. The van der Waals surface area contributed by atoms with Crippen LogP contribution in [0.25, 0.3) is 0 Å². The summed E-state index contributed by atoms with van der Waals surface area (Å²) in [5.74, 6) is 4.53. The van der Waals surface area contributed by atoms with Crippen molar-refractivity contribution in [3.8, 4) is 0 Å². The lowest BCUT2D eigenvalue weighted by Crippen LogP contribution is -2.33. The molecule has 0 aliphatic heterocycles. The second-order valence-corrected chi connectivity index (χ2v) is 6.12. The van der Waals surface area contributed by atoms with Crippen molar-refractivity contribution in [3.05, 3.63) is 0 Å². The zero-order chi connectivity index (χ0) is 19.3. The molecule has 0 aromatic rings. The number of halogens is 3. The smallest absolute Gasteiger partial charge is 0.229 e. The van der Waals surface area contributed by atoms with E-state index in [2.05, 4.69) is 26.4 Å². The largest absolute Gasteiger partial charge is 0.375 e. The number of amides is 2. The number of nitrogens with two attached hydrogens (primary N) is 2. The first-order valence-corrected chi connectivity index (χ1v) is 9.60. The molecule has 0 aromatic carbocycles. The molecule has 12 heteroatoms. The average Bonchev–Trinajstić information content (AvgIpc) is 2.62. The first kappa shape index (κ1) is 35.4. The molecule has 0 aliphatic rings. The SMILES string of the molecule is Cl.Cl.Cl.NCCCNCCCCNC(=O)CC(=O)NCCCCCCNC=NN. The fraction of sp³-hybridized carbons (Fsp3) is 0.824. The lowest BCUT2D eigenvalue weighted by Gasteiger charge is -2.07. The third-order valence-electron chi connectivity index (χ3n) is 3.72. The summed E-state index contributed by atoms with van der Waals surface area (Å²) in [7, 11) is 0. The van der Waals surface area contributed by atoms with Gasteiger partial charge in [-0.15, -0.1) is 37.2 Å². The van der Waals surface area contributed by atoms with E-state index >= 15 is 0 Å². The van der Waals surface area contributed by atoms with Crippen LogP contribution in [0.15, 0.2) is 5.10 Å². The lowest BCUT2D eigenvalue weighted by molar-refractivity contribution is -0.129. The number of rotatable bonds is 18. The Balaban J connectivity index is -0.00000104. The molecule has 0 saturated carbocycles. The maximum Gasteiger partial charge on any atom is 0.229 e. The van der Waals surface area contributed by atoms with E-state index in [-0.39, 0.29) is 55.5 Å². The Bertz CT molecular complexity index is 392. The van der Waals surface area contributed by atoms with Gasteiger partial charge in [-0.3, -0.25) is 9.59 Å². The molecule has 176 valence electrons. The van der Waals surface area contributed by atoms with Gasteiger partial charge in [-0.25, -0.2) is 0 Å². The molecule has 0 saturated heterocycles. The van der Waals surface area contributed by atoms with Crippen LogP contribution in [0.2, 0.25) is 0 Å². The highest BCUT2D eigenvalue weighted by Gasteiger charge is 2.07. The van der Waals surface area contributed by atoms with E-state index in [0.29, 0.717) is 19.6 Å². The van der Waals surface area contributed by atoms with Gasteiger partial charge in [-0.2, -0.15) is 5.10 Å². The molecule has 8 N–H and O–H groups in total. The van der Waals surface area contributed by atoms with Crippen LogP contribution in [0.3, 0.4) is 0 Å². The highest BCUT2D eigenvalue weighted by Crippen LogP contribution is 1.97. The Morgan fingerprint density at radius 3 is 1.76 bits per heavy atom. The first-order valence-electron chi connectivity index (χ1n) is 9.60. The minimum Gasteiger partial charge on any atom is -0.375 e. The number of hydrogen-bond donors (Lipinski definition) is 6. The van der Waals surface area contributed by atoms with Gasteiger partial charge in [0.15, 0.2) is 0 Å². The van der Waals surface area contributed by atoms with E-state index in [1.807, 2.05) is 0 Å². The summed E-state index contributed by atoms with van der Waals surface area (Å²) in [4.78, 5) is 23.3. The van der Waals surface area contributed by atoms with E-state index < -0.39 is 0 Å². The topological polar surface area (TPSA) is 147 Å². The van der Waals surface area contributed by atoms with Crippen molar-refractivity contribution in [1.82, 2.24) is 21.3 Å². The summed E-state index contributed by atoms with van der Waals surface area (Å²) in [5, 5.41) is 15.2. The molecular formula is C17H40Cl3N7O2. The Hall–Kier alpha value is -1.00. The Labute approximate surface area is 193 Å². The Kier molecular flexibility index (Phi) is 35.7. The molecule has 0 aliphatic carbocycles. The maximum atomic E-state index is 11.7. The highest BCUT2D eigenvalue weighted by molar-refractivity contribution is 5.96. The average molecular weight is 481 g/mol. The summed E-state index contributed by atoms with van der Waals surface area (Å²) < 4.78 is 0. The lowest BCUT2D eigenvalue weighted by atomic mass is 10.2. The van der Waals surface area contributed by atoms with E-state index in [1.165, 1.54) is 6.34 Å². The Morgan fingerprint density at radius 1 is 0.724 bits per heavy atom. The van der Waals surface area contributed by atoms with Crippen molar-refractivity contribution in [1.29, 1.82) is 0 Å². The third-order valence-corrected chi connectivity index (χ3v) is 3.72. The van der Waals surface area contributed by atoms with Gasteiger partial charge >= 0.3 is 0 Å². The van der Waals surface area contributed by atoms with Gasteiger partial charge < -0.3 is 32.8 Å². The van der Waals surface area contributed by atoms with Gasteiger partial charge in [0, 0.05) is 19.6 Å². The third kappa shape index (κ3) is 29.3. The normalized spacial score (nSPS) is 9.69. The second kappa shape index (κ2) is 29.2. The minimum absolute atomic E-state index is 0. The summed E-state index contributed by atoms with van der Waals surface area (Å²) in [6.07, 6.45) is 8.30. The van der Waals surface area contributed by atoms with Crippen LogP contribution in [-0.2, 0) is 9.59 Å². The minimum atomic E-state index is -0.216. The Morgan fingerprint density at radius 2 is 1.21 bits per heavy atom. The number of nitrogens with zero attached hydrogens (tertiary/aromatic N) is 1. The number of unbranched alkanes of at least 4 members (excludes halogenated alkanes) is 4. The van der Waals surface area contributed by atoms with E-state index in [4.69, 9.17) is 11.6 Å². The van der Waals surface area contributed by atoms with Crippen LogP contribution in [0.1, 0.15) is 51.4 Å². The van der Waals surface area contributed by atoms with E-state index in [0.717, 1.165) is 64.6 Å².